The van der Waals surface area contributed by atoms with Gasteiger partial charge in [-0.2, -0.15) is 0 Å². The monoisotopic (exact) mass is 233 g/mol. The van der Waals surface area contributed by atoms with Gasteiger partial charge in [-0.15, -0.1) is 0 Å². The molecular formula is C15H23NO. The molecule has 1 rings (SSSR count). The van der Waals surface area contributed by atoms with Gasteiger partial charge < -0.3 is 5.73 Å². The second-order valence-corrected chi connectivity index (χ2v) is 4.79. The lowest BCUT2D eigenvalue weighted by Gasteiger charge is -2.10. The van der Waals surface area contributed by atoms with Gasteiger partial charge in [0, 0.05) is 19.4 Å². The number of carbonyl (C=O) groups is 1. The van der Waals surface area contributed by atoms with Crippen molar-refractivity contribution in [2.75, 3.05) is 0 Å². The van der Waals surface area contributed by atoms with E-state index in [1.54, 1.807) is 0 Å². The molecule has 0 aliphatic heterocycles. The highest BCUT2D eigenvalue weighted by atomic mass is 16.1. The Morgan fingerprint density at radius 3 is 2.53 bits per heavy atom. The molecule has 0 saturated carbocycles. The summed E-state index contributed by atoms with van der Waals surface area (Å²) in [6.45, 7) is 4.81. The van der Waals surface area contributed by atoms with E-state index in [0.29, 0.717) is 31.1 Å². The van der Waals surface area contributed by atoms with Crippen molar-refractivity contribution >= 4 is 5.78 Å². The molecule has 0 bridgehead atoms. The summed E-state index contributed by atoms with van der Waals surface area (Å²) in [5, 5.41) is 0. The fourth-order valence-electron chi connectivity index (χ4n) is 2.20. The van der Waals surface area contributed by atoms with Gasteiger partial charge in [0.15, 0.2) is 0 Å². The second kappa shape index (κ2) is 7.23. The standard InChI is InChI=1S/C15H23NO/c1-3-6-12(2)9-15(17)10-13-7-4-5-8-14(13)11-16/h4-5,7-8,12H,3,6,9-11,16H2,1-2H3. The van der Waals surface area contributed by atoms with Crippen molar-refractivity contribution in [1.82, 2.24) is 0 Å². The van der Waals surface area contributed by atoms with Gasteiger partial charge in [-0.25, -0.2) is 0 Å². The van der Waals surface area contributed by atoms with Crippen LogP contribution < -0.4 is 5.73 Å². The van der Waals surface area contributed by atoms with E-state index < -0.39 is 0 Å². The van der Waals surface area contributed by atoms with Crippen LogP contribution >= 0.6 is 0 Å². The van der Waals surface area contributed by atoms with Gasteiger partial charge in [-0.05, 0) is 17.0 Å². The van der Waals surface area contributed by atoms with Crippen molar-refractivity contribution in [3.05, 3.63) is 35.4 Å². The second-order valence-electron chi connectivity index (χ2n) is 4.79. The summed E-state index contributed by atoms with van der Waals surface area (Å²) in [7, 11) is 0. The Morgan fingerprint density at radius 2 is 1.94 bits per heavy atom. The minimum absolute atomic E-state index is 0.326. The summed E-state index contributed by atoms with van der Waals surface area (Å²) in [6, 6.07) is 7.94. The van der Waals surface area contributed by atoms with E-state index in [9.17, 15) is 4.79 Å². The van der Waals surface area contributed by atoms with Crippen LogP contribution in [0.2, 0.25) is 0 Å². The van der Waals surface area contributed by atoms with Crippen molar-refractivity contribution in [1.29, 1.82) is 0 Å². The van der Waals surface area contributed by atoms with Crippen LogP contribution in [0.15, 0.2) is 24.3 Å². The van der Waals surface area contributed by atoms with E-state index in [0.717, 1.165) is 24.0 Å². The number of carbonyl (C=O) groups excluding carboxylic acids is 1. The molecule has 1 unspecified atom stereocenters. The molecule has 1 aromatic rings. The van der Waals surface area contributed by atoms with Gasteiger partial charge in [0.25, 0.3) is 0 Å². The number of ketones is 1. The van der Waals surface area contributed by atoms with E-state index in [1.165, 1.54) is 0 Å². The van der Waals surface area contributed by atoms with Gasteiger partial charge in [0.05, 0.1) is 0 Å². The molecule has 0 aliphatic rings. The summed E-state index contributed by atoms with van der Waals surface area (Å²) in [5.74, 6) is 0.824. The first-order chi connectivity index (χ1) is 8.17. The summed E-state index contributed by atoms with van der Waals surface area (Å²) >= 11 is 0. The molecule has 17 heavy (non-hydrogen) atoms. The Labute approximate surface area is 104 Å². The van der Waals surface area contributed by atoms with Crippen molar-refractivity contribution in [3.8, 4) is 0 Å². The zero-order chi connectivity index (χ0) is 12.7. The third-order valence-corrected chi connectivity index (χ3v) is 3.08. The third kappa shape index (κ3) is 4.70. The lowest BCUT2D eigenvalue weighted by molar-refractivity contribution is -0.119. The first kappa shape index (κ1) is 13.9. The number of rotatable bonds is 7. The largest absolute Gasteiger partial charge is 0.326 e. The summed E-state index contributed by atoms with van der Waals surface area (Å²) < 4.78 is 0. The lowest BCUT2D eigenvalue weighted by atomic mass is 9.94. The van der Waals surface area contributed by atoms with Crippen LogP contribution in [0.1, 0.15) is 44.2 Å². The normalized spacial score (nSPS) is 12.4. The average molecular weight is 233 g/mol. The first-order valence-electron chi connectivity index (χ1n) is 6.45. The lowest BCUT2D eigenvalue weighted by Crippen LogP contribution is -2.11. The zero-order valence-electron chi connectivity index (χ0n) is 10.9. The molecule has 0 fully saturated rings. The summed E-state index contributed by atoms with van der Waals surface area (Å²) in [6.07, 6.45) is 3.49. The van der Waals surface area contributed by atoms with Crippen molar-refractivity contribution < 1.29 is 4.79 Å². The molecule has 2 N–H and O–H groups in total. The molecule has 94 valence electrons. The van der Waals surface area contributed by atoms with Gasteiger partial charge in [-0.1, -0.05) is 51.0 Å². The molecule has 0 saturated heterocycles. The minimum atomic E-state index is 0.326. The highest BCUT2D eigenvalue weighted by Gasteiger charge is 2.10. The number of hydrogen-bond donors (Lipinski definition) is 1. The maximum atomic E-state index is 11.9. The van der Waals surface area contributed by atoms with Crippen LogP contribution in [0.25, 0.3) is 0 Å². The predicted molar refractivity (Wildman–Crippen MR) is 71.7 cm³/mol. The van der Waals surface area contributed by atoms with E-state index in [-0.39, 0.29) is 0 Å². The van der Waals surface area contributed by atoms with Gasteiger partial charge in [0.2, 0.25) is 0 Å². The Bertz CT molecular complexity index is 360. The SMILES string of the molecule is CCCC(C)CC(=O)Cc1ccccc1CN. The first-order valence-corrected chi connectivity index (χ1v) is 6.45. The molecule has 0 radical (unpaired) electrons. The highest BCUT2D eigenvalue weighted by molar-refractivity contribution is 5.81. The molecule has 2 heteroatoms. The number of hydrogen-bond acceptors (Lipinski definition) is 2. The van der Waals surface area contributed by atoms with E-state index >= 15 is 0 Å². The fourth-order valence-corrected chi connectivity index (χ4v) is 2.20. The molecule has 0 aromatic heterocycles. The third-order valence-electron chi connectivity index (χ3n) is 3.08. The van der Waals surface area contributed by atoms with E-state index in [2.05, 4.69) is 13.8 Å². The molecule has 0 amide bonds. The Morgan fingerprint density at radius 1 is 1.29 bits per heavy atom. The van der Waals surface area contributed by atoms with Crippen molar-refractivity contribution in [3.63, 3.8) is 0 Å². The number of Topliss-reactive ketones (excluding diaryl/α,β-unsaturated/α-hetero) is 1. The summed E-state index contributed by atoms with van der Waals surface area (Å²) in [4.78, 5) is 11.9. The smallest absolute Gasteiger partial charge is 0.137 e. The molecule has 1 atom stereocenters. The maximum Gasteiger partial charge on any atom is 0.137 e. The summed E-state index contributed by atoms with van der Waals surface area (Å²) in [5.41, 5.74) is 7.84. The Hall–Kier alpha value is -1.15. The molecule has 2 nitrogen and oxygen atoms in total. The minimum Gasteiger partial charge on any atom is -0.326 e. The van der Waals surface area contributed by atoms with Crippen LogP contribution in [0.4, 0.5) is 0 Å². The zero-order valence-corrected chi connectivity index (χ0v) is 10.9. The molecule has 0 spiro atoms. The number of nitrogens with two attached hydrogens (primary N) is 1. The Balaban J connectivity index is 2.55. The molecule has 0 aliphatic carbocycles. The average Bonchev–Trinajstić information content (AvgIpc) is 2.29. The quantitative estimate of drug-likeness (QED) is 0.786. The molecule has 1 aromatic carbocycles. The topological polar surface area (TPSA) is 43.1 Å². The van der Waals surface area contributed by atoms with Gasteiger partial charge in [-0.3, -0.25) is 4.79 Å². The van der Waals surface area contributed by atoms with Gasteiger partial charge in [0.1, 0.15) is 5.78 Å². The van der Waals surface area contributed by atoms with E-state index in [4.69, 9.17) is 5.73 Å². The van der Waals surface area contributed by atoms with Crippen LogP contribution in [-0.2, 0) is 17.8 Å². The Kier molecular flexibility index (Phi) is 5.92. The maximum absolute atomic E-state index is 11.9. The van der Waals surface area contributed by atoms with Crippen molar-refractivity contribution in [2.45, 2.75) is 46.1 Å². The van der Waals surface area contributed by atoms with Crippen LogP contribution in [0.5, 0.6) is 0 Å². The van der Waals surface area contributed by atoms with E-state index in [1.807, 2.05) is 24.3 Å². The molecular weight excluding hydrogens is 210 g/mol. The van der Waals surface area contributed by atoms with Crippen LogP contribution in [0, 0.1) is 5.92 Å². The van der Waals surface area contributed by atoms with Crippen molar-refractivity contribution in [2.24, 2.45) is 11.7 Å². The van der Waals surface area contributed by atoms with Crippen LogP contribution in [-0.4, -0.2) is 5.78 Å². The number of benzene rings is 1. The fraction of sp³-hybridized carbons (Fsp3) is 0.533. The van der Waals surface area contributed by atoms with Gasteiger partial charge >= 0.3 is 0 Å². The predicted octanol–water partition coefficient (Wildman–Crippen LogP) is 3.08. The molecule has 0 heterocycles. The van der Waals surface area contributed by atoms with Crippen LogP contribution in [0.3, 0.4) is 0 Å². The highest BCUT2D eigenvalue weighted by Crippen LogP contribution is 2.14.